The predicted octanol–water partition coefficient (Wildman–Crippen LogP) is 1.44. The van der Waals surface area contributed by atoms with Gasteiger partial charge in [0.15, 0.2) is 0 Å². The minimum Gasteiger partial charge on any atom is -0.384 e. The number of aromatic nitrogens is 4. The molecule has 0 aliphatic carbocycles. The number of rotatable bonds is 6. The van der Waals surface area contributed by atoms with Crippen LogP contribution < -0.4 is 11.1 Å². The van der Waals surface area contributed by atoms with Gasteiger partial charge in [0.05, 0.1) is 11.1 Å². The molecule has 0 unspecified atom stereocenters. The number of anilines is 2. The number of hydrogen-bond acceptors (Lipinski definition) is 6. The van der Waals surface area contributed by atoms with Crippen molar-refractivity contribution in [2.24, 2.45) is 7.05 Å². The fraction of sp³-hybridized carbons (Fsp3) is 0.500. The molecule has 2 heterocycles. The van der Waals surface area contributed by atoms with Crippen LogP contribution in [0, 0.1) is 17.0 Å². The van der Waals surface area contributed by atoms with E-state index in [4.69, 9.17) is 5.73 Å². The lowest BCUT2D eigenvalue weighted by Gasteiger charge is -2.08. The average molecular weight is 293 g/mol. The Hall–Kier alpha value is -2.58. The third kappa shape index (κ3) is 2.81. The molecule has 2 rings (SSSR count). The van der Waals surface area contributed by atoms with Gasteiger partial charge in [0, 0.05) is 25.7 Å². The molecule has 0 aliphatic heterocycles. The van der Waals surface area contributed by atoms with Gasteiger partial charge in [-0.2, -0.15) is 10.2 Å². The molecule has 2 aromatic rings. The van der Waals surface area contributed by atoms with Crippen LogP contribution in [0.15, 0.2) is 6.20 Å². The van der Waals surface area contributed by atoms with Crippen molar-refractivity contribution in [3.63, 3.8) is 0 Å². The number of aryl methyl sites for hydroxylation is 3. The minimum atomic E-state index is -0.413. The largest absolute Gasteiger partial charge is 0.384 e. The fourth-order valence-corrected chi connectivity index (χ4v) is 2.15. The van der Waals surface area contributed by atoms with Crippen molar-refractivity contribution in [3.8, 4) is 0 Å². The summed E-state index contributed by atoms with van der Waals surface area (Å²) in [5.41, 5.74) is 7.06. The first-order chi connectivity index (χ1) is 9.95. The van der Waals surface area contributed by atoms with E-state index < -0.39 is 4.92 Å². The van der Waals surface area contributed by atoms with Crippen LogP contribution in [0.1, 0.15) is 24.6 Å². The number of nitrogens with zero attached hydrogens (tertiary/aromatic N) is 5. The topological polar surface area (TPSA) is 117 Å². The van der Waals surface area contributed by atoms with Gasteiger partial charge in [-0.3, -0.25) is 14.8 Å². The van der Waals surface area contributed by atoms with Gasteiger partial charge in [-0.25, -0.2) is 4.68 Å². The van der Waals surface area contributed by atoms with Crippen molar-refractivity contribution in [2.45, 2.75) is 33.4 Å². The standard InChI is InChI=1S/C12H19N7O2/c1-4-5-18-12(10(19(20)21)8(2)16-18)14-6-9-7-15-17(3)11(9)13/h7,14H,4-6,13H2,1-3H3. The summed E-state index contributed by atoms with van der Waals surface area (Å²) in [4.78, 5) is 10.8. The maximum absolute atomic E-state index is 11.2. The Morgan fingerprint density at radius 1 is 1.52 bits per heavy atom. The second kappa shape index (κ2) is 5.81. The van der Waals surface area contributed by atoms with E-state index in [-0.39, 0.29) is 5.69 Å². The molecule has 0 saturated heterocycles. The van der Waals surface area contributed by atoms with E-state index in [2.05, 4.69) is 15.5 Å². The second-order valence-corrected chi connectivity index (χ2v) is 4.80. The van der Waals surface area contributed by atoms with Crippen LogP contribution >= 0.6 is 0 Å². The summed E-state index contributed by atoms with van der Waals surface area (Å²) in [6.45, 7) is 4.59. The molecule has 114 valence electrons. The molecule has 0 aromatic carbocycles. The van der Waals surface area contributed by atoms with Crippen LogP contribution in [0.2, 0.25) is 0 Å². The van der Waals surface area contributed by atoms with Crippen LogP contribution in [0.4, 0.5) is 17.3 Å². The Bertz CT molecular complexity index is 659. The number of nitrogens with one attached hydrogen (secondary N) is 1. The van der Waals surface area contributed by atoms with Gasteiger partial charge in [-0.15, -0.1) is 0 Å². The zero-order chi connectivity index (χ0) is 15.6. The van der Waals surface area contributed by atoms with Gasteiger partial charge in [0.25, 0.3) is 0 Å². The summed E-state index contributed by atoms with van der Waals surface area (Å²) in [6.07, 6.45) is 2.48. The molecule has 2 aromatic heterocycles. The van der Waals surface area contributed by atoms with E-state index in [9.17, 15) is 10.1 Å². The van der Waals surface area contributed by atoms with E-state index in [0.717, 1.165) is 12.0 Å². The first-order valence-electron chi connectivity index (χ1n) is 6.67. The van der Waals surface area contributed by atoms with Crippen molar-refractivity contribution >= 4 is 17.3 Å². The molecule has 0 spiro atoms. The maximum atomic E-state index is 11.2. The molecule has 0 saturated carbocycles. The van der Waals surface area contributed by atoms with E-state index in [1.54, 1.807) is 29.5 Å². The van der Waals surface area contributed by atoms with E-state index in [1.165, 1.54) is 0 Å². The third-order valence-corrected chi connectivity index (χ3v) is 3.22. The molecule has 21 heavy (non-hydrogen) atoms. The van der Waals surface area contributed by atoms with Crippen molar-refractivity contribution in [1.82, 2.24) is 19.6 Å². The van der Waals surface area contributed by atoms with Crippen molar-refractivity contribution in [1.29, 1.82) is 0 Å². The summed E-state index contributed by atoms with van der Waals surface area (Å²) in [5.74, 6) is 0.936. The normalized spacial score (nSPS) is 10.8. The van der Waals surface area contributed by atoms with Crippen molar-refractivity contribution in [3.05, 3.63) is 27.6 Å². The van der Waals surface area contributed by atoms with Crippen molar-refractivity contribution < 1.29 is 4.92 Å². The van der Waals surface area contributed by atoms with Gasteiger partial charge >= 0.3 is 5.69 Å². The molecule has 0 fully saturated rings. The first-order valence-corrected chi connectivity index (χ1v) is 6.67. The Morgan fingerprint density at radius 3 is 2.76 bits per heavy atom. The molecule has 3 N–H and O–H groups in total. The Morgan fingerprint density at radius 2 is 2.24 bits per heavy atom. The predicted molar refractivity (Wildman–Crippen MR) is 78.9 cm³/mol. The summed E-state index contributed by atoms with van der Waals surface area (Å²) in [7, 11) is 1.74. The number of nitrogens with two attached hydrogens (primary N) is 1. The highest BCUT2D eigenvalue weighted by molar-refractivity contribution is 5.60. The van der Waals surface area contributed by atoms with E-state index in [0.29, 0.717) is 30.4 Å². The summed E-state index contributed by atoms with van der Waals surface area (Å²) in [5, 5.41) is 22.5. The molecule has 9 heteroatoms. The lowest BCUT2D eigenvalue weighted by atomic mass is 10.3. The van der Waals surface area contributed by atoms with Gasteiger partial charge in [0.1, 0.15) is 11.5 Å². The van der Waals surface area contributed by atoms with Crippen LogP contribution in [0.5, 0.6) is 0 Å². The van der Waals surface area contributed by atoms with Crippen molar-refractivity contribution in [2.75, 3.05) is 11.1 Å². The first kappa shape index (κ1) is 14.8. The van der Waals surface area contributed by atoms with Crippen LogP contribution in [-0.4, -0.2) is 24.5 Å². The zero-order valence-electron chi connectivity index (χ0n) is 12.3. The number of nitrogen functional groups attached to an aromatic ring is 1. The molecule has 0 aliphatic rings. The fourth-order valence-electron chi connectivity index (χ4n) is 2.15. The smallest absolute Gasteiger partial charge is 0.333 e. The summed E-state index contributed by atoms with van der Waals surface area (Å²) in [6, 6.07) is 0. The third-order valence-electron chi connectivity index (χ3n) is 3.22. The molecule has 0 bridgehead atoms. The average Bonchev–Trinajstić information content (AvgIpc) is 2.90. The monoisotopic (exact) mass is 293 g/mol. The maximum Gasteiger partial charge on any atom is 0.333 e. The van der Waals surface area contributed by atoms with Gasteiger partial charge < -0.3 is 11.1 Å². The molecule has 0 amide bonds. The minimum absolute atomic E-state index is 0.00547. The lowest BCUT2D eigenvalue weighted by molar-refractivity contribution is -0.384. The van der Waals surface area contributed by atoms with E-state index in [1.807, 2.05) is 6.92 Å². The highest BCUT2D eigenvalue weighted by Gasteiger charge is 2.25. The molecule has 9 nitrogen and oxygen atoms in total. The quantitative estimate of drug-likeness (QED) is 0.614. The molecular formula is C12H19N7O2. The van der Waals surface area contributed by atoms with Crippen LogP contribution in [0.3, 0.4) is 0 Å². The van der Waals surface area contributed by atoms with Crippen LogP contribution in [0.25, 0.3) is 0 Å². The number of nitro groups is 1. The second-order valence-electron chi connectivity index (χ2n) is 4.80. The Kier molecular flexibility index (Phi) is 4.10. The summed E-state index contributed by atoms with van der Waals surface area (Å²) < 4.78 is 3.18. The SMILES string of the molecule is CCCn1nc(C)c([N+](=O)[O-])c1NCc1cnn(C)c1N. The highest BCUT2D eigenvalue weighted by Crippen LogP contribution is 2.29. The molecule has 0 radical (unpaired) electrons. The van der Waals surface area contributed by atoms with Gasteiger partial charge in [-0.05, 0) is 13.3 Å². The number of hydrogen-bond donors (Lipinski definition) is 2. The summed E-state index contributed by atoms with van der Waals surface area (Å²) >= 11 is 0. The van der Waals surface area contributed by atoms with Gasteiger partial charge in [0.2, 0.25) is 5.82 Å². The lowest BCUT2D eigenvalue weighted by Crippen LogP contribution is -2.10. The Labute approximate surface area is 121 Å². The van der Waals surface area contributed by atoms with E-state index >= 15 is 0 Å². The highest BCUT2D eigenvalue weighted by atomic mass is 16.6. The molecular weight excluding hydrogens is 274 g/mol. The molecule has 0 atom stereocenters. The Balaban J connectivity index is 2.29. The van der Waals surface area contributed by atoms with Gasteiger partial charge in [-0.1, -0.05) is 6.92 Å². The van der Waals surface area contributed by atoms with Crippen LogP contribution in [-0.2, 0) is 20.1 Å². The zero-order valence-corrected chi connectivity index (χ0v) is 12.3.